The van der Waals surface area contributed by atoms with Crippen molar-refractivity contribution in [1.82, 2.24) is 0 Å². The van der Waals surface area contributed by atoms with Crippen LogP contribution in [0.15, 0.2) is 42.5 Å². The van der Waals surface area contributed by atoms with Gasteiger partial charge in [0.05, 0.1) is 0 Å². The van der Waals surface area contributed by atoms with E-state index in [1.807, 2.05) is 31.2 Å². The van der Waals surface area contributed by atoms with Crippen molar-refractivity contribution in [3.63, 3.8) is 0 Å². The predicted molar refractivity (Wildman–Crippen MR) is 72.5 cm³/mol. The van der Waals surface area contributed by atoms with Crippen LogP contribution in [0.2, 0.25) is 0 Å². The summed E-state index contributed by atoms with van der Waals surface area (Å²) in [4.78, 5) is 10.6. The molecule has 0 fully saturated rings. The van der Waals surface area contributed by atoms with E-state index in [2.05, 4.69) is 0 Å². The molecular formula is C16H15FO2. The Labute approximate surface area is 111 Å². The van der Waals surface area contributed by atoms with Crippen LogP contribution in [0.5, 0.6) is 0 Å². The second kappa shape index (κ2) is 5.65. The summed E-state index contributed by atoms with van der Waals surface area (Å²) in [5.41, 5.74) is 3.76. The van der Waals surface area contributed by atoms with Crippen LogP contribution in [0.3, 0.4) is 0 Å². The molecule has 0 amide bonds. The van der Waals surface area contributed by atoms with Gasteiger partial charge in [-0.2, -0.15) is 0 Å². The van der Waals surface area contributed by atoms with Crippen molar-refractivity contribution in [2.45, 2.75) is 19.8 Å². The lowest BCUT2D eigenvalue weighted by molar-refractivity contribution is -0.136. The molecule has 3 heteroatoms. The number of halogens is 1. The third-order valence-electron chi connectivity index (χ3n) is 3.07. The summed E-state index contributed by atoms with van der Waals surface area (Å²) in [6.45, 7) is 1.96. The molecule has 19 heavy (non-hydrogen) atoms. The fraction of sp³-hybridized carbons (Fsp3) is 0.188. The monoisotopic (exact) mass is 258 g/mol. The Morgan fingerprint density at radius 3 is 2.68 bits per heavy atom. The molecule has 0 aliphatic heterocycles. The third-order valence-corrected chi connectivity index (χ3v) is 3.07. The van der Waals surface area contributed by atoms with Gasteiger partial charge < -0.3 is 5.11 Å². The molecule has 0 bridgehead atoms. The van der Waals surface area contributed by atoms with E-state index in [1.165, 1.54) is 12.1 Å². The van der Waals surface area contributed by atoms with Gasteiger partial charge in [-0.1, -0.05) is 30.3 Å². The number of rotatable bonds is 4. The number of aliphatic carboxylic acids is 1. The van der Waals surface area contributed by atoms with Gasteiger partial charge in [-0.3, -0.25) is 4.79 Å². The van der Waals surface area contributed by atoms with E-state index in [4.69, 9.17) is 5.11 Å². The molecule has 0 aliphatic rings. The Kier molecular flexibility index (Phi) is 3.95. The van der Waals surface area contributed by atoms with Gasteiger partial charge in [0.1, 0.15) is 5.82 Å². The molecule has 0 radical (unpaired) electrons. The first-order valence-corrected chi connectivity index (χ1v) is 6.13. The fourth-order valence-electron chi connectivity index (χ4n) is 2.04. The van der Waals surface area contributed by atoms with Crippen LogP contribution in [0, 0.1) is 12.7 Å². The average Bonchev–Trinajstić information content (AvgIpc) is 2.37. The summed E-state index contributed by atoms with van der Waals surface area (Å²) in [5, 5.41) is 8.70. The van der Waals surface area contributed by atoms with E-state index in [-0.39, 0.29) is 12.2 Å². The summed E-state index contributed by atoms with van der Waals surface area (Å²) in [7, 11) is 0. The Bertz CT molecular complexity index is 605. The molecule has 0 heterocycles. The normalized spacial score (nSPS) is 10.4. The maximum Gasteiger partial charge on any atom is 0.303 e. The summed E-state index contributed by atoms with van der Waals surface area (Å²) >= 11 is 0. The minimum atomic E-state index is -0.812. The molecule has 2 aromatic rings. The van der Waals surface area contributed by atoms with Crippen molar-refractivity contribution in [2.24, 2.45) is 0 Å². The SMILES string of the molecule is Cc1ccc(CCC(=O)O)cc1-c1cccc(F)c1. The molecule has 1 N–H and O–H groups in total. The van der Waals surface area contributed by atoms with Gasteiger partial charge >= 0.3 is 5.97 Å². The van der Waals surface area contributed by atoms with Gasteiger partial charge in [-0.15, -0.1) is 0 Å². The van der Waals surface area contributed by atoms with Gasteiger partial charge in [-0.05, 0) is 47.7 Å². The van der Waals surface area contributed by atoms with Crippen LogP contribution in [0.4, 0.5) is 4.39 Å². The average molecular weight is 258 g/mol. The summed E-state index contributed by atoms with van der Waals surface area (Å²) < 4.78 is 13.3. The number of benzene rings is 2. The molecule has 0 spiro atoms. The largest absolute Gasteiger partial charge is 0.481 e. The number of carboxylic acid groups (broad SMARTS) is 1. The van der Waals surface area contributed by atoms with Gasteiger partial charge in [0, 0.05) is 6.42 Å². The molecule has 0 saturated heterocycles. The zero-order chi connectivity index (χ0) is 13.8. The lowest BCUT2D eigenvalue weighted by Gasteiger charge is -2.09. The quantitative estimate of drug-likeness (QED) is 0.905. The number of hydrogen-bond acceptors (Lipinski definition) is 1. The standard InChI is InChI=1S/C16H15FO2/c1-11-5-6-12(7-8-16(18)19)9-15(11)13-3-2-4-14(17)10-13/h2-6,9-10H,7-8H2,1H3,(H,18,19). The van der Waals surface area contributed by atoms with E-state index < -0.39 is 5.97 Å². The molecule has 0 aliphatic carbocycles. The second-order valence-electron chi connectivity index (χ2n) is 4.55. The van der Waals surface area contributed by atoms with Crippen molar-refractivity contribution in [1.29, 1.82) is 0 Å². The molecule has 98 valence electrons. The van der Waals surface area contributed by atoms with Crippen LogP contribution in [-0.2, 0) is 11.2 Å². The van der Waals surface area contributed by atoms with Gasteiger partial charge in [-0.25, -0.2) is 4.39 Å². The Balaban J connectivity index is 2.34. The maximum atomic E-state index is 13.3. The summed E-state index contributed by atoms with van der Waals surface area (Å²) in [6, 6.07) is 12.2. The summed E-state index contributed by atoms with van der Waals surface area (Å²) in [6.07, 6.45) is 0.587. The molecule has 0 aromatic heterocycles. The number of carbonyl (C=O) groups is 1. The smallest absolute Gasteiger partial charge is 0.303 e. The molecule has 0 unspecified atom stereocenters. The zero-order valence-electron chi connectivity index (χ0n) is 10.7. The highest BCUT2D eigenvalue weighted by Crippen LogP contribution is 2.25. The molecule has 0 saturated carbocycles. The fourth-order valence-corrected chi connectivity index (χ4v) is 2.04. The first-order valence-electron chi connectivity index (χ1n) is 6.13. The first kappa shape index (κ1) is 13.3. The highest BCUT2D eigenvalue weighted by Gasteiger charge is 2.06. The first-order chi connectivity index (χ1) is 9.06. The molecule has 2 rings (SSSR count). The van der Waals surface area contributed by atoms with Crippen LogP contribution in [0.1, 0.15) is 17.5 Å². The highest BCUT2D eigenvalue weighted by molar-refractivity contribution is 5.69. The third kappa shape index (κ3) is 3.41. The molecule has 2 aromatic carbocycles. The van der Waals surface area contributed by atoms with E-state index >= 15 is 0 Å². The maximum absolute atomic E-state index is 13.3. The van der Waals surface area contributed by atoms with Crippen molar-refractivity contribution < 1.29 is 14.3 Å². The molecule has 0 atom stereocenters. The second-order valence-corrected chi connectivity index (χ2v) is 4.55. The lowest BCUT2D eigenvalue weighted by Crippen LogP contribution is -1.98. The van der Waals surface area contributed by atoms with Crippen molar-refractivity contribution in [3.05, 3.63) is 59.4 Å². The number of carboxylic acids is 1. The van der Waals surface area contributed by atoms with Crippen molar-refractivity contribution in [2.75, 3.05) is 0 Å². The van der Waals surface area contributed by atoms with Gasteiger partial charge in [0.25, 0.3) is 0 Å². The van der Waals surface area contributed by atoms with Crippen LogP contribution in [0.25, 0.3) is 11.1 Å². The van der Waals surface area contributed by atoms with E-state index in [0.29, 0.717) is 6.42 Å². The predicted octanol–water partition coefficient (Wildman–Crippen LogP) is 3.82. The lowest BCUT2D eigenvalue weighted by atomic mass is 9.96. The van der Waals surface area contributed by atoms with Crippen LogP contribution in [-0.4, -0.2) is 11.1 Å². The molecule has 2 nitrogen and oxygen atoms in total. The minimum absolute atomic E-state index is 0.103. The number of aryl methyl sites for hydroxylation is 2. The minimum Gasteiger partial charge on any atom is -0.481 e. The van der Waals surface area contributed by atoms with Gasteiger partial charge in [0.15, 0.2) is 0 Å². The van der Waals surface area contributed by atoms with Crippen molar-refractivity contribution in [3.8, 4) is 11.1 Å². The Morgan fingerprint density at radius 1 is 1.21 bits per heavy atom. The van der Waals surface area contributed by atoms with Crippen LogP contribution >= 0.6 is 0 Å². The summed E-state index contributed by atoms with van der Waals surface area (Å²) in [5.74, 6) is -1.08. The highest BCUT2D eigenvalue weighted by atomic mass is 19.1. The van der Waals surface area contributed by atoms with Crippen molar-refractivity contribution >= 4 is 5.97 Å². The van der Waals surface area contributed by atoms with E-state index in [0.717, 1.165) is 22.3 Å². The van der Waals surface area contributed by atoms with E-state index in [1.54, 1.807) is 6.07 Å². The van der Waals surface area contributed by atoms with Crippen LogP contribution < -0.4 is 0 Å². The topological polar surface area (TPSA) is 37.3 Å². The zero-order valence-corrected chi connectivity index (χ0v) is 10.7. The molecular weight excluding hydrogens is 243 g/mol. The van der Waals surface area contributed by atoms with E-state index in [9.17, 15) is 9.18 Å². The number of hydrogen-bond donors (Lipinski definition) is 1. The Morgan fingerprint density at radius 2 is 2.00 bits per heavy atom. The van der Waals surface area contributed by atoms with Gasteiger partial charge in [0.2, 0.25) is 0 Å². The Hall–Kier alpha value is -2.16.